The molecule has 1 aromatic rings. The third kappa shape index (κ3) is 4.58. The number of rotatable bonds is 6. The van der Waals surface area contributed by atoms with E-state index in [0.717, 1.165) is 12.0 Å². The Labute approximate surface area is 124 Å². The van der Waals surface area contributed by atoms with Crippen molar-refractivity contribution in [2.75, 3.05) is 19.0 Å². The molecule has 0 aliphatic heterocycles. The van der Waals surface area contributed by atoms with Gasteiger partial charge in [0.15, 0.2) is 0 Å². The van der Waals surface area contributed by atoms with Crippen LogP contribution in [0.3, 0.4) is 0 Å². The fourth-order valence-electron chi connectivity index (χ4n) is 1.81. The Balaban J connectivity index is 2.77. The molecule has 0 saturated carbocycles. The molecule has 1 aromatic carbocycles. The number of urea groups is 1. The molecule has 20 heavy (non-hydrogen) atoms. The minimum absolute atomic E-state index is 0.0438. The topological polar surface area (TPSA) is 70.6 Å². The van der Waals surface area contributed by atoms with Gasteiger partial charge in [-0.25, -0.2) is 4.79 Å². The largest absolute Gasteiger partial charge is 0.495 e. The van der Waals surface area contributed by atoms with Gasteiger partial charge in [0, 0.05) is 23.7 Å². The lowest BCUT2D eigenvalue weighted by atomic mass is 10.1. The molecule has 0 aliphatic carbocycles. The monoisotopic (exact) mass is 300 g/mol. The minimum atomic E-state index is -0.328. The molecule has 0 spiro atoms. The summed E-state index contributed by atoms with van der Waals surface area (Å²) < 4.78 is 5.19. The van der Waals surface area contributed by atoms with Crippen molar-refractivity contribution in [3.63, 3.8) is 0 Å². The van der Waals surface area contributed by atoms with E-state index < -0.39 is 0 Å². The summed E-state index contributed by atoms with van der Waals surface area (Å²) in [5, 5.41) is 15.0. The summed E-state index contributed by atoms with van der Waals surface area (Å²) in [4.78, 5) is 11.9. The zero-order chi connectivity index (χ0) is 15.1. The van der Waals surface area contributed by atoms with Gasteiger partial charge in [0.25, 0.3) is 0 Å². The van der Waals surface area contributed by atoms with Gasteiger partial charge in [-0.15, -0.1) is 0 Å². The summed E-state index contributed by atoms with van der Waals surface area (Å²) in [5.74, 6) is 0.506. The lowest BCUT2D eigenvalue weighted by Crippen LogP contribution is -2.38. The van der Waals surface area contributed by atoms with E-state index in [0.29, 0.717) is 22.9 Å². The molecule has 1 unspecified atom stereocenters. The van der Waals surface area contributed by atoms with Crippen LogP contribution in [0.4, 0.5) is 10.5 Å². The number of halogens is 1. The second kappa shape index (κ2) is 7.97. The maximum atomic E-state index is 11.9. The normalized spacial score (nSPS) is 11.8. The Hall–Kier alpha value is -1.46. The number of carbonyl (C=O) groups excluding carboxylic acids is 1. The van der Waals surface area contributed by atoms with Crippen molar-refractivity contribution in [3.8, 4) is 5.75 Å². The van der Waals surface area contributed by atoms with Crippen LogP contribution in [-0.2, 0) is 0 Å². The minimum Gasteiger partial charge on any atom is -0.495 e. The number of aliphatic hydroxyl groups is 1. The van der Waals surface area contributed by atoms with E-state index in [-0.39, 0.29) is 18.7 Å². The van der Waals surface area contributed by atoms with Gasteiger partial charge in [0.1, 0.15) is 5.75 Å². The Morgan fingerprint density at radius 3 is 2.75 bits per heavy atom. The first-order valence-corrected chi connectivity index (χ1v) is 6.92. The average molecular weight is 301 g/mol. The predicted octanol–water partition coefficient (Wildman–Crippen LogP) is 2.94. The highest BCUT2D eigenvalue weighted by atomic mass is 35.5. The quantitative estimate of drug-likeness (QED) is 0.756. The highest BCUT2D eigenvalue weighted by molar-refractivity contribution is 6.31. The summed E-state index contributed by atoms with van der Waals surface area (Å²) in [7, 11) is 1.52. The van der Waals surface area contributed by atoms with Crippen LogP contribution in [0.5, 0.6) is 5.75 Å². The zero-order valence-corrected chi connectivity index (χ0v) is 12.8. The fourth-order valence-corrected chi connectivity index (χ4v) is 1.96. The first kappa shape index (κ1) is 16.6. The number of amides is 2. The van der Waals surface area contributed by atoms with Crippen LogP contribution in [-0.4, -0.2) is 30.9 Å². The lowest BCUT2D eigenvalue weighted by Gasteiger charge is -2.17. The van der Waals surface area contributed by atoms with E-state index in [4.69, 9.17) is 21.4 Å². The van der Waals surface area contributed by atoms with Crippen molar-refractivity contribution in [2.24, 2.45) is 0 Å². The van der Waals surface area contributed by atoms with E-state index in [1.54, 1.807) is 12.1 Å². The Morgan fingerprint density at radius 2 is 2.20 bits per heavy atom. The summed E-state index contributed by atoms with van der Waals surface area (Å²) in [6, 6.07) is 3.04. The molecule has 112 valence electrons. The molecule has 0 bridgehead atoms. The Kier molecular flexibility index (Phi) is 6.61. The average Bonchev–Trinajstić information content (AvgIpc) is 2.42. The van der Waals surface area contributed by atoms with E-state index in [2.05, 4.69) is 10.6 Å². The van der Waals surface area contributed by atoms with Crippen LogP contribution < -0.4 is 15.4 Å². The van der Waals surface area contributed by atoms with Crippen LogP contribution in [0.1, 0.15) is 25.3 Å². The molecule has 2 amide bonds. The first-order valence-electron chi connectivity index (χ1n) is 6.54. The highest BCUT2D eigenvalue weighted by Crippen LogP contribution is 2.30. The van der Waals surface area contributed by atoms with Crippen LogP contribution in [0.25, 0.3) is 0 Å². The summed E-state index contributed by atoms with van der Waals surface area (Å²) in [6.45, 7) is 3.85. The summed E-state index contributed by atoms with van der Waals surface area (Å²) in [6.07, 6.45) is 1.28. The van der Waals surface area contributed by atoms with E-state index >= 15 is 0 Å². The molecule has 0 saturated heterocycles. The SMILES string of the molecule is CCC(CCO)NC(=O)Nc1cc(C)c(Cl)cc1OC. The van der Waals surface area contributed by atoms with Crippen molar-refractivity contribution in [3.05, 3.63) is 22.7 Å². The third-order valence-electron chi connectivity index (χ3n) is 3.03. The number of aryl methyl sites for hydroxylation is 1. The number of carbonyl (C=O) groups is 1. The van der Waals surface area contributed by atoms with Gasteiger partial charge in [-0.3, -0.25) is 0 Å². The number of benzene rings is 1. The van der Waals surface area contributed by atoms with Crippen LogP contribution in [0, 0.1) is 6.92 Å². The second-order valence-electron chi connectivity index (χ2n) is 4.52. The maximum absolute atomic E-state index is 11.9. The zero-order valence-electron chi connectivity index (χ0n) is 12.0. The van der Waals surface area contributed by atoms with Gasteiger partial charge >= 0.3 is 6.03 Å². The molecule has 0 aromatic heterocycles. The summed E-state index contributed by atoms with van der Waals surface area (Å²) in [5.41, 5.74) is 1.41. The van der Waals surface area contributed by atoms with Gasteiger partial charge < -0.3 is 20.5 Å². The first-order chi connectivity index (χ1) is 9.51. The molecule has 0 heterocycles. The molecule has 5 nitrogen and oxygen atoms in total. The molecule has 1 atom stereocenters. The molecule has 0 fully saturated rings. The number of nitrogens with one attached hydrogen (secondary N) is 2. The van der Waals surface area contributed by atoms with Gasteiger partial charge in [-0.2, -0.15) is 0 Å². The summed E-state index contributed by atoms with van der Waals surface area (Å²) >= 11 is 6.01. The molecule has 6 heteroatoms. The van der Waals surface area contributed by atoms with Gasteiger partial charge in [-0.1, -0.05) is 18.5 Å². The third-order valence-corrected chi connectivity index (χ3v) is 3.44. The number of hydrogen-bond acceptors (Lipinski definition) is 3. The van der Waals surface area contributed by atoms with Gasteiger partial charge in [0.05, 0.1) is 12.8 Å². The van der Waals surface area contributed by atoms with Gasteiger partial charge in [-0.05, 0) is 31.4 Å². The fraction of sp³-hybridized carbons (Fsp3) is 0.500. The smallest absolute Gasteiger partial charge is 0.319 e. The highest BCUT2D eigenvalue weighted by Gasteiger charge is 2.13. The standard InChI is InChI=1S/C14H21ClN2O3/c1-4-10(5-6-18)16-14(19)17-12-7-9(2)11(15)8-13(12)20-3/h7-8,10,18H,4-6H2,1-3H3,(H2,16,17,19). The Bertz CT molecular complexity index is 466. The molecule has 3 N–H and O–H groups in total. The van der Waals surface area contributed by atoms with Crippen molar-refractivity contribution in [1.82, 2.24) is 5.32 Å². The van der Waals surface area contributed by atoms with Crippen LogP contribution in [0.15, 0.2) is 12.1 Å². The number of aliphatic hydroxyl groups excluding tert-OH is 1. The van der Waals surface area contributed by atoms with Crippen molar-refractivity contribution < 1.29 is 14.6 Å². The molecule has 1 rings (SSSR count). The molecule has 0 aliphatic rings. The van der Waals surface area contributed by atoms with E-state index in [9.17, 15) is 4.79 Å². The van der Waals surface area contributed by atoms with Crippen molar-refractivity contribution >= 4 is 23.3 Å². The molecular weight excluding hydrogens is 280 g/mol. The number of hydrogen-bond donors (Lipinski definition) is 3. The number of methoxy groups -OCH3 is 1. The van der Waals surface area contributed by atoms with E-state index in [1.165, 1.54) is 7.11 Å². The maximum Gasteiger partial charge on any atom is 0.319 e. The lowest BCUT2D eigenvalue weighted by molar-refractivity contribution is 0.237. The molecule has 0 radical (unpaired) electrons. The van der Waals surface area contributed by atoms with Crippen molar-refractivity contribution in [2.45, 2.75) is 32.7 Å². The predicted molar refractivity (Wildman–Crippen MR) is 80.7 cm³/mol. The van der Waals surface area contributed by atoms with Crippen LogP contribution in [0.2, 0.25) is 5.02 Å². The molecular formula is C14H21ClN2O3. The second-order valence-corrected chi connectivity index (χ2v) is 4.92. The van der Waals surface area contributed by atoms with Crippen molar-refractivity contribution in [1.29, 1.82) is 0 Å². The Morgan fingerprint density at radius 1 is 1.50 bits per heavy atom. The number of anilines is 1. The van der Waals surface area contributed by atoms with Gasteiger partial charge in [0.2, 0.25) is 0 Å². The van der Waals surface area contributed by atoms with Crippen LogP contribution >= 0.6 is 11.6 Å². The number of ether oxygens (including phenoxy) is 1. The van der Waals surface area contributed by atoms with E-state index in [1.807, 2.05) is 13.8 Å².